The van der Waals surface area contributed by atoms with Crippen molar-refractivity contribution in [2.24, 2.45) is 0 Å². The first kappa shape index (κ1) is 17.6. The number of aryl methyl sites for hydroxylation is 1. The number of aromatic nitrogens is 3. The van der Waals surface area contributed by atoms with Gasteiger partial charge in [0.05, 0.1) is 10.2 Å². The van der Waals surface area contributed by atoms with Crippen LogP contribution in [0.3, 0.4) is 0 Å². The third-order valence-electron chi connectivity index (χ3n) is 5.67. The molecule has 0 atom stereocenters. The van der Waals surface area contributed by atoms with E-state index < -0.39 is 0 Å². The van der Waals surface area contributed by atoms with Gasteiger partial charge in [0.1, 0.15) is 4.83 Å². The normalized spacial score (nSPS) is 17.4. The van der Waals surface area contributed by atoms with E-state index in [4.69, 9.17) is 15.0 Å². The number of nitrogens with zero attached hydrogens (tertiary/aromatic N) is 4. The van der Waals surface area contributed by atoms with Gasteiger partial charge in [-0.25, -0.2) is 15.0 Å². The molecule has 3 aromatic rings. The van der Waals surface area contributed by atoms with E-state index >= 15 is 0 Å². The molecule has 0 radical (unpaired) electrons. The molecule has 3 aromatic heterocycles. The van der Waals surface area contributed by atoms with Crippen molar-refractivity contribution < 1.29 is 0 Å². The van der Waals surface area contributed by atoms with Crippen LogP contribution in [0.1, 0.15) is 43.0 Å². The second kappa shape index (κ2) is 6.87. The summed E-state index contributed by atoms with van der Waals surface area (Å²) in [7, 11) is 0. The Labute approximate surface area is 168 Å². The van der Waals surface area contributed by atoms with Gasteiger partial charge in [-0.15, -0.1) is 11.3 Å². The minimum Gasteiger partial charge on any atom is -0.353 e. The lowest BCUT2D eigenvalue weighted by Gasteiger charge is -2.28. The monoisotopic (exact) mass is 399 g/mol. The molecular formula is C20H25N5S2. The molecule has 142 valence electrons. The predicted octanol–water partition coefficient (Wildman–Crippen LogP) is 3.98. The third-order valence-corrected chi connectivity index (χ3v) is 7.29. The summed E-state index contributed by atoms with van der Waals surface area (Å²) in [5.74, 6) is 1.57. The zero-order valence-corrected chi connectivity index (χ0v) is 17.8. The number of anilines is 1. The molecule has 0 spiro atoms. The Morgan fingerprint density at radius 3 is 2.59 bits per heavy atom. The molecule has 7 heteroatoms. The summed E-state index contributed by atoms with van der Waals surface area (Å²) >= 11 is 3.43. The van der Waals surface area contributed by atoms with Crippen LogP contribution >= 0.6 is 23.1 Å². The first-order valence-electron chi connectivity index (χ1n) is 9.83. The first-order valence-corrected chi connectivity index (χ1v) is 11.9. The van der Waals surface area contributed by atoms with Gasteiger partial charge in [0.15, 0.2) is 11.0 Å². The maximum Gasteiger partial charge on any atom is 0.189 e. The van der Waals surface area contributed by atoms with Gasteiger partial charge in [0.25, 0.3) is 0 Å². The number of piperazine rings is 1. The molecule has 0 bridgehead atoms. The summed E-state index contributed by atoms with van der Waals surface area (Å²) in [5, 5.41) is 5.62. The Morgan fingerprint density at radius 2 is 1.85 bits per heavy atom. The average molecular weight is 400 g/mol. The van der Waals surface area contributed by atoms with Crippen molar-refractivity contribution in [1.82, 2.24) is 20.3 Å². The fourth-order valence-electron chi connectivity index (χ4n) is 4.42. The second-order valence-electron chi connectivity index (χ2n) is 7.69. The zero-order chi connectivity index (χ0) is 18.5. The van der Waals surface area contributed by atoms with E-state index in [-0.39, 0.29) is 0 Å². The molecule has 5 rings (SSSR count). The van der Waals surface area contributed by atoms with Gasteiger partial charge >= 0.3 is 0 Å². The van der Waals surface area contributed by atoms with E-state index in [0.717, 1.165) is 60.3 Å². The number of hydrogen-bond donors (Lipinski definition) is 1. The number of hydrogen-bond acceptors (Lipinski definition) is 7. The Kier molecular flexibility index (Phi) is 4.49. The van der Waals surface area contributed by atoms with E-state index in [1.54, 1.807) is 23.1 Å². The zero-order valence-electron chi connectivity index (χ0n) is 16.1. The summed E-state index contributed by atoms with van der Waals surface area (Å²) < 4.78 is 1.22. The minimum absolute atomic E-state index is 0.465. The number of thioether (sulfide) groups is 1. The number of fused-ring (bicyclic) bond motifs is 5. The van der Waals surface area contributed by atoms with Crippen LogP contribution in [0.5, 0.6) is 0 Å². The Hall–Kier alpha value is -1.44. The Morgan fingerprint density at radius 1 is 1.07 bits per heavy atom. The quantitative estimate of drug-likeness (QED) is 0.531. The molecule has 1 fully saturated rings. The molecule has 2 aliphatic rings. The Balaban J connectivity index is 1.82. The molecule has 0 saturated carbocycles. The Bertz CT molecular complexity index is 1020. The van der Waals surface area contributed by atoms with Gasteiger partial charge in [-0.3, -0.25) is 0 Å². The molecule has 1 aliphatic heterocycles. The summed E-state index contributed by atoms with van der Waals surface area (Å²) in [6.07, 6.45) is 5.62. The smallest absolute Gasteiger partial charge is 0.189 e. The van der Waals surface area contributed by atoms with Crippen LogP contribution in [-0.2, 0) is 12.8 Å². The van der Waals surface area contributed by atoms with Crippen LogP contribution in [0, 0.1) is 0 Å². The molecule has 0 amide bonds. The van der Waals surface area contributed by atoms with Gasteiger partial charge in [-0.1, -0.05) is 25.6 Å². The SMILES string of the molecule is CSc1nc(N2CCNCC2)c2sc3nc(C(C)C)c4c(c3c2n1)CCC4. The largest absolute Gasteiger partial charge is 0.353 e. The van der Waals surface area contributed by atoms with Crippen molar-refractivity contribution >= 4 is 49.3 Å². The van der Waals surface area contributed by atoms with Crippen molar-refractivity contribution in [2.45, 2.75) is 44.2 Å². The highest BCUT2D eigenvalue weighted by atomic mass is 32.2. The molecule has 1 saturated heterocycles. The highest BCUT2D eigenvalue weighted by molar-refractivity contribution is 7.98. The maximum absolute atomic E-state index is 5.14. The fourth-order valence-corrected chi connectivity index (χ4v) is 5.95. The third kappa shape index (κ3) is 2.82. The molecule has 5 nitrogen and oxygen atoms in total. The second-order valence-corrected chi connectivity index (χ2v) is 9.47. The van der Waals surface area contributed by atoms with Crippen LogP contribution in [0.2, 0.25) is 0 Å². The summed E-state index contributed by atoms with van der Waals surface area (Å²) in [6.45, 7) is 8.54. The molecule has 1 aliphatic carbocycles. The van der Waals surface area contributed by atoms with Crippen LogP contribution in [0.4, 0.5) is 5.82 Å². The summed E-state index contributed by atoms with van der Waals surface area (Å²) in [5.41, 5.74) is 5.42. The van der Waals surface area contributed by atoms with E-state index in [2.05, 4.69) is 30.3 Å². The van der Waals surface area contributed by atoms with Crippen molar-refractivity contribution in [3.05, 3.63) is 16.8 Å². The molecular weight excluding hydrogens is 374 g/mol. The van der Waals surface area contributed by atoms with Gasteiger partial charge in [0.2, 0.25) is 0 Å². The molecule has 0 aromatic carbocycles. The average Bonchev–Trinajstić information content (AvgIpc) is 3.31. The first-order chi connectivity index (χ1) is 13.2. The maximum atomic E-state index is 5.14. The van der Waals surface area contributed by atoms with E-state index in [9.17, 15) is 0 Å². The summed E-state index contributed by atoms with van der Waals surface area (Å²) in [4.78, 5) is 18.6. The number of thiophene rings is 1. The summed E-state index contributed by atoms with van der Waals surface area (Å²) in [6, 6.07) is 0. The molecule has 27 heavy (non-hydrogen) atoms. The van der Waals surface area contributed by atoms with Crippen molar-refractivity contribution in [1.29, 1.82) is 0 Å². The van der Waals surface area contributed by atoms with Crippen molar-refractivity contribution in [3.8, 4) is 0 Å². The van der Waals surface area contributed by atoms with Crippen LogP contribution in [-0.4, -0.2) is 47.4 Å². The highest BCUT2D eigenvalue weighted by Gasteiger charge is 2.27. The lowest BCUT2D eigenvalue weighted by atomic mass is 9.99. The van der Waals surface area contributed by atoms with Gasteiger partial charge in [-0.05, 0) is 42.6 Å². The predicted molar refractivity (Wildman–Crippen MR) is 116 cm³/mol. The van der Waals surface area contributed by atoms with Gasteiger partial charge in [-0.2, -0.15) is 0 Å². The molecule has 0 unspecified atom stereocenters. The van der Waals surface area contributed by atoms with E-state index in [1.165, 1.54) is 33.3 Å². The molecule has 1 N–H and O–H groups in total. The van der Waals surface area contributed by atoms with Gasteiger partial charge in [0, 0.05) is 37.3 Å². The van der Waals surface area contributed by atoms with Crippen LogP contribution < -0.4 is 10.2 Å². The van der Waals surface area contributed by atoms with Crippen LogP contribution in [0.25, 0.3) is 20.4 Å². The van der Waals surface area contributed by atoms with Crippen molar-refractivity contribution in [3.63, 3.8) is 0 Å². The standard InChI is InChI=1S/C20H25N5S2/c1-11(2)15-13-6-4-5-12(13)14-16-17(27-19(14)22-15)18(24-20(23-16)26-3)25-9-7-21-8-10-25/h11,21H,4-10H2,1-3H3. The minimum atomic E-state index is 0.465. The lowest BCUT2D eigenvalue weighted by Crippen LogP contribution is -2.44. The number of rotatable bonds is 3. The number of nitrogens with one attached hydrogen (secondary N) is 1. The van der Waals surface area contributed by atoms with E-state index in [0.29, 0.717) is 5.92 Å². The molecule has 4 heterocycles. The van der Waals surface area contributed by atoms with E-state index in [1.807, 2.05) is 0 Å². The fraction of sp³-hybridized carbons (Fsp3) is 0.550. The van der Waals surface area contributed by atoms with Crippen LogP contribution in [0.15, 0.2) is 5.16 Å². The highest BCUT2D eigenvalue weighted by Crippen LogP contribution is 2.43. The topological polar surface area (TPSA) is 53.9 Å². The lowest BCUT2D eigenvalue weighted by molar-refractivity contribution is 0.584. The van der Waals surface area contributed by atoms with Crippen molar-refractivity contribution in [2.75, 3.05) is 37.3 Å². The van der Waals surface area contributed by atoms with Gasteiger partial charge < -0.3 is 10.2 Å². The number of pyridine rings is 1.